The predicted octanol–water partition coefficient (Wildman–Crippen LogP) is 3.35. The molecule has 1 saturated heterocycles. The summed E-state index contributed by atoms with van der Waals surface area (Å²) in [5, 5.41) is 3.56. The van der Waals surface area contributed by atoms with Crippen molar-refractivity contribution in [2.45, 2.75) is 39.7 Å². The van der Waals surface area contributed by atoms with Crippen LogP contribution in [0.2, 0.25) is 0 Å². The van der Waals surface area contributed by atoms with E-state index in [2.05, 4.69) is 37.9 Å². The molecule has 0 saturated carbocycles. The average Bonchev–Trinajstić information content (AvgIpc) is 2.77. The van der Waals surface area contributed by atoms with E-state index in [9.17, 15) is 4.39 Å². The van der Waals surface area contributed by atoms with Gasteiger partial charge in [0.1, 0.15) is 5.82 Å². The Morgan fingerprint density at radius 1 is 1.37 bits per heavy atom. The van der Waals surface area contributed by atoms with E-state index in [1.807, 2.05) is 6.07 Å². The van der Waals surface area contributed by atoms with Gasteiger partial charge in [0.25, 0.3) is 0 Å². The fourth-order valence-corrected chi connectivity index (χ4v) is 2.59. The van der Waals surface area contributed by atoms with Gasteiger partial charge in [-0.2, -0.15) is 0 Å². The highest BCUT2D eigenvalue weighted by molar-refractivity contribution is 5.54. The molecule has 2 nitrogen and oxygen atoms in total. The summed E-state index contributed by atoms with van der Waals surface area (Å²) < 4.78 is 13.4. The van der Waals surface area contributed by atoms with Crippen molar-refractivity contribution in [2.24, 2.45) is 5.92 Å². The van der Waals surface area contributed by atoms with Crippen LogP contribution in [0.4, 0.5) is 10.1 Å². The van der Waals surface area contributed by atoms with Crippen LogP contribution >= 0.6 is 0 Å². The van der Waals surface area contributed by atoms with Gasteiger partial charge in [0.2, 0.25) is 0 Å². The van der Waals surface area contributed by atoms with E-state index in [4.69, 9.17) is 0 Å². The Labute approximate surface area is 116 Å². The fraction of sp³-hybridized carbons (Fsp3) is 0.625. The summed E-state index contributed by atoms with van der Waals surface area (Å²) in [6.07, 6.45) is 1.18. The third-order valence-electron chi connectivity index (χ3n) is 3.72. The smallest absolute Gasteiger partial charge is 0.125 e. The summed E-state index contributed by atoms with van der Waals surface area (Å²) in [4.78, 5) is 2.31. The minimum absolute atomic E-state index is 0.142. The van der Waals surface area contributed by atoms with Crippen molar-refractivity contribution in [3.05, 3.63) is 29.6 Å². The minimum Gasteiger partial charge on any atom is -0.371 e. The van der Waals surface area contributed by atoms with Crippen molar-refractivity contribution in [3.63, 3.8) is 0 Å². The molecule has 0 bridgehead atoms. The molecule has 0 spiro atoms. The Balaban J connectivity index is 1.96. The molecule has 1 N–H and O–H groups in total. The normalized spacial score (nSPS) is 20.1. The number of benzene rings is 1. The van der Waals surface area contributed by atoms with E-state index in [-0.39, 0.29) is 11.4 Å². The maximum absolute atomic E-state index is 13.4. The zero-order valence-electron chi connectivity index (χ0n) is 12.5. The van der Waals surface area contributed by atoms with Crippen molar-refractivity contribution in [3.8, 4) is 0 Å². The van der Waals surface area contributed by atoms with Crippen LogP contribution < -0.4 is 10.2 Å². The molecule has 106 valence electrons. The molecule has 1 unspecified atom stereocenters. The molecule has 1 fully saturated rings. The molecule has 2 rings (SSSR count). The van der Waals surface area contributed by atoms with Gasteiger partial charge in [0, 0.05) is 30.9 Å². The lowest BCUT2D eigenvalue weighted by atomic mass is 10.1. The minimum atomic E-state index is -0.142. The van der Waals surface area contributed by atoms with Gasteiger partial charge < -0.3 is 10.2 Å². The molecule has 1 aromatic rings. The van der Waals surface area contributed by atoms with E-state index in [1.165, 1.54) is 12.5 Å². The Morgan fingerprint density at radius 3 is 2.79 bits per heavy atom. The van der Waals surface area contributed by atoms with E-state index in [1.54, 1.807) is 6.07 Å². The lowest BCUT2D eigenvalue weighted by molar-refractivity contribution is 0.383. The van der Waals surface area contributed by atoms with Gasteiger partial charge in [-0.25, -0.2) is 4.39 Å². The van der Waals surface area contributed by atoms with Crippen LogP contribution in [0.3, 0.4) is 0 Å². The second-order valence-electron chi connectivity index (χ2n) is 6.66. The van der Waals surface area contributed by atoms with E-state index in [0.717, 1.165) is 30.9 Å². The first kappa shape index (κ1) is 14.3. The number of hydrogen-bond acceptors (Lipinski definition) is 2. The zero-order chi connectivity index (χ0) is 14.0. The van der Waals surface area contributed by atoms with E-state index < -0.39 is 0 Å². The van der Waals surface area contributed by atoms with Crippen LogP contribution in [-0.4, -0.2) is 25.2 Å². The lowest BCUT2D eigenvalue weighted by Crippen LogP contribution is -2.39. The maximum Gasteiger partial charge on any atom is 0.125 e. The van der Waals surface area contributed by atoms with Gasteiger partial charge in [-0.05, 0) is 57.7 Å². The summed E-state index contributed by atoms with van der Waals surface area (Å²) in [6.45, 7) is 11.7. The standard InChI is InChI=1S/C16H25FN2/c1-12-5-6-14(17)9-15(12)19-8-7-13(11-19)10-18-16(2,3)4/h5-6,9,13,18H,7-8,10-11H2,1-4H3. The third-order valence-corrected chi connectivity index (χ3v) is 3.72. The summed E-state index contributed by atoms with van der Waals surface area (Å²) in [5.41, 5.74) is 2.38. The molecular weight excluding hydrogens is 239 g/mol. The van der Waals surface area contributed by atoms with Gasteiger partial charge in [-0.15, -0.1) is 0 Å². The van der Waals surface area contributed by atoms with Gasteiger partial charge in [0.15, 0.2) is 0 Å². The zero-order valence-corrected chi connectivity index (χ0v) is 12.5. The van der Waals surface area contributed by atoms with Crippen molar-refractivity contribution < 1.29 is 4.39 Å². The number of aryl methyl sites for hydroxylation is 1. The quantitative estimate of drug-likeness (QED) is 0.900. The monoisotopic (exact) mass is 264 g/mol. The molecule has 0 aromatic heterocycles. The Morgan fingerprint density at radius 2 is 2.11 bits per heavy atom. The van der Waals surface area contributed by atoms with Crippen LogP contribution in [0.5, 0.6) is 0 Å². The molecule has 3 heteroatoms. The maximum atomic E-state index is 13.4. The summed E-state index contributed by atoms with van der Waals surface area (Å²) in [6, 6.07) is 5.06. The van der Waals surface area contributed by atoms with Crippen LogP contribution in [0.15, 0.2) is 18.2 Å². The topological polar surface area (TPSA) is 15.3 Å². The molecular formula is C16H25FN2. The molecule has 1 aliphatic heterocycles. The number of hydrogen-bond donors (Lipinski definition) is 1. The van der Waals surface area contributed by atoms with E-state index in [0.29, 0.717) is 5.92 Å². The van der Waals surface area contributed by atoms with Gasteiger partial charge in [-0.3, -0.25) is 0 Å². The first-order chi connectivity index (χ1) is 8.85. The second-order valence-corrected chi connectivity index (χ2v) is 6.66. The molecule has 1 heterocycles. The second kappa shape index (κ2) is 5.49. The SMILES string of the molecule is Cc1ccc(F)cc1N1CCC(CNC(C)(C)C)C1. The van der Waals surface area contributed by atoms with Crippen LogP contribution in [0, 0.1) is 18.7 Å². The number of anilines is 1. The molecule has 1 aliphatic rings. The van der Waals surface area contributed by atoms with E-state index >= 15 is 0 Å². The number of nitrogens with one attached hydrogen (secondary N) is 1. The fourth-order valence-electron chi connectivity index (χ4n) is 2.59. The average molecular weight is 264 g/mol. The van der Waals surface area contributed by atoms with Crippen LogP contribution in [0.1, 0.15) is 32.8 Å². The molecule has 0 radical (unpaired) electrons. The van der Waals surface area contributed by atoms with Crippen molar-refractivity contribution in [1.82, 2.24) is 5.32 Å². The van der Waals surface area contributed by atoms with Crippen LogP contribution in [-0.2, 0) is 0 Å². The van der Waals surface area contributed by atoms with Gasteiger partial charge in [0.05, 0.1) is 0 Å². The van der Waals surface area contributed by atoms with Crippen molar-refractivity contribution >= 4 is 5.69 Å². The van der Waals surface area contributed by atoms with Crippen LogP contribution in [0.25, 0.3) is 0 Å². The van der Waals surface area contributed by atoms with Gasteiger partial charge >= 0.3 is 0 Å². The third kappa shape index (κ3) is 3.93. The number of halogens is 1. The highest BCUT2D eigenvalue weighted by atomic mass is 19.1. The number of nitrogens with zero attached hydrogens (tertiary/aromatic N) is 1. The van der Waals surface area contributed by atoms with Gasteiger partial charge in [-0.1, -0.05) is 6.07 Å². The molecule has 0 aliphatic carbocycles. The highest BCUT2D eigenvalue weighted by Gasteiger charge is 2.24. The lowest BCUT2D eigenvalue weighted by Gasteiger charge is -2.24. The summed E-state index contributed by atoms with van der Waals surface area (Å²) >= 11 is 0. The first-order valence-electron chi connectivity index (χ1n) is 7.11. The van der Waals surface area contributed by atoms with Crippen molar-refractivity contribution in [2.75, 3.05) is 24.5 Å². The molecule has 0 amide bonds. The molecule has 19 heavy (non-hydrogen) atoms. The first-order valence-corrected chi connectivity index (χ1v) is 7.11. The Kier molecular flexibility index (Phi) is 4.14. The van der Waals surface area contributed by atoms with Crippen molar-refractivity contribution in [1.29, 1.82) is 0 Å². The Bertz CT molecular complexity index is 437. The molecule has 1 atom stereocenters. The highest BCUT2D eigenvalue weighted by Crippen LogP contribution is 2.27. The largest absolute Gasteiger partial charge is 0.371 e. The Hall–Kier alpha value is -1.09. The summed E-state index contributed by atoms with van der Waals surface area (Å²) in [7, 11) is 0. The number of rotatable bonds is 3. The molecule has 1 aromatic carbocycles. The summed E-state index contributed by atoms with van der Waals surface area (Å²) in [5.74, 6) is 0.513. The predicted molar refractivity (Wildman–Crippen MR) is 79.2 cm³/mol.